The fourth-order valence-corrected chi connectivity index (χ4v) is 2.23. The maximum absolute atomic E-state index is 5.67. The second-order valence-electron chi connectivity index (χ2n) is 3.79. The Morgan fingerprint density at radius 2 is 2.33 bits per heavy atom. The lowest BCUT2D eigenvalue weighted by atomic mass is 10.3. The minimum Gasteiger partial charge on any atom is -0.493 e. The smallest absolute Gasteiger partial charge is 0.185 e. The quantitative estimate of drug-likeness (QED) is 0.491. The van der Waals surface area contributed by atoms with E-state index in [1.807, 2.05) is 31.3 Å². The van der Waals surface area contributed by atoms with Crippen LogP contribution in [0.5, 0.6) is 5.75 Å². The molecule has 0 spiro atoms. The average molecular weight is 264 g/mol. The van der Waals surface area contributed by atoms with Gasteiger partial charge in [0.05, 0.1) is 6.61 Å². The third-order valence-corrected chi connectivity index (χ3v) is 3.44. The number of anilines is 1. The molecule has 96 valence electrons. The molecule has 18 heavy (non-hydrogen) atoms. The van der Waals surface area contributed by atoms with Crippen molar-refractivity contribution < 1.29 is 4.74 Å². The Labute approximate surface area is 110 Å². The van der Waals surface area contributed by atoms with Gasteiger partial charge in [-0.25, -0.2) is 9.67 Å². The summed E-state index contributed by atoms with van der Waals surface area (Å²) in [5.74, 6) is 1.77. The summed E-state index contributed by atoms with van der Waals surface area (Å²) in [6.45, 7) is 0.675. The van der Waals surface area contributed by atoms with E-state index in [-0.39, 0.29) is 0 Å². The number of ether oxygens (including phenoxy) is 1. The highest BCUT2D eigenvalue weighted by atomic mass is 32.2. The number of hydrogen-bond acceptors (Lipinski definition) is 5. The van der Waals surface area contributed by atoms with Crippen molar-refractivity contribution in [3.8, 4) is 5.75 Å². The van der Waals surface area contributed by atoms with Crippen LogP contribution in [0.15, 0.2) is 35.7 Å². The van der Waals surface area contributed by atoms with Crippen molar-refractivity contribution in [2.75, 3.05) is 18.1 Å². The number of thioether (sulfide) groups is 1. The maximum atomic E-state index is 5.67. The van der Waals surface area contributed by atoms with Crippen LogP contribution in [0.2, 0.25) is 0 Å². The molecular formula is C12H16N4OS. The van der Waals surface area contributed by atoms with E-state index >= 15 is 0 Å². The van der Waals surface area contributed by atoms with Crippen LogP contribution in [0, 0.1) is 0 Å². The lowest BCUT2D eigenvalue weighted by Crippen LogP contribution is -2.00. The summed E-state index contributed by atoms with van der Waals surface area (Å²) in [5, 5.41) is 4.94. The van der Waals surface area contributed by atoms with Gasteiger partial charge in [-0.05, 0) is 18.6 Å². The van der Waals surface area contributed by atoms with Gasteiger partial charge in [-0.2, -0.15) is 5.10 Å². The fraction of sp³-hybridized carbons (Fsp3) is 0.333. The summed E-state index contributed by atoms with van der Waals surface area (Å²) in [5.41, 5.74) is 6.39. The fourth-order valence-electron chi connectivity index (χ4n) is 1.43. The Bertz CT molecular complexity index is 500. The van der Waals surface area contributed by atoms with Crippen LogP contribution in [0.3, 0.4) is 0 Å². The monoisotopic (exact) mass is 264 g/mol. The highest BCUT2D eigenvalue weighted by molar-refractivity contribution is 7.99. The second-order valence-corrected chi connectivity index (χ2v) is 4.85. The molecule has 0 unspecified atom stereocenters. The van der Waals surface area contributed by atoms with Crippen molar-refractivity contribution in [1.29, 1.82) is 0 Å². The van der Waals surface area contributed by atoms with Crippen LogP contribution in [-0.4, -0.2) is 27.1 Å². The molecule has 0 aliphatic heterocycles. The van der Waals surface area contributed by atoms with E-state index in [1.54, 1.807) is 22.8 Å². The molecule has 0 aliphatic carbocycles. The van der Waals surface area contributed by atoms with Gasteiger partial charge >= 0.3 is 0 Å². The number of rotatable bonds is 6. The number of nitrogen functional groups attached to an aromatic ring is 1. The zero-order valence-electron chi connectivity index (χ0n) is 10.2. The molecule has 0 amide bonds. The van der Waals surface area contributed by atoms with Crippen molar-refractivity contribution in [2.45, 2.75) is 11.6 Å². The Morgan fingerprint density at radius 3 is 3.06 bits per heavy atom. The van der Waals surface area contributed by atoms with Crippen molar-refractivity contribution in [2.24, 2.45) is 7.05 Å². The number of hydrogen-bond donors (Lipinski definition) is 1. The lowest BCUT2D eigenvalue weighted by Gasteiger charge is -2.06. The first-order valence-electron chi connectivity index (χ1n) is 5.71. The van der Waals surface area contributed by atoms with Crippen LogP contribution in [-0.2, 0) is 7.05 Å². The molecule has 5 nitrogen and oxygen atoms in total. The van der Waals surface area contributed by atoms with Gasteiger partial charge in [-0.1, -0.05) is 17.8 Å². The van der Waals surface area contributed by atoms with Gasteiger partial charge in [0.1, 0.15) is 12.1 Å². The predicted octanol–water partition coefficient (Wildman–Crippen LogP) is 1.96. The van der Waals surface area contributed by atoms with Crippen molar-refractivity contribution >= 4 is 17.4 Å². The third-order valence-electron chi connectivity index (χ3n) is 2.32. The highest BCUT2D eigenvalue weighted by Crippen LogP contribution is 2.16. The molecule has 0 radical (unpaired) electrons. The Morgan fingerprint density at radius 1 is 1.44 bits per heavy atom. The number of nitrogens with zero attached hydrogens (tertiary/aromatic N) is 3. The molecule has 2 N–H and O–H groups in total. The van der Waals surface area contributed by atoms with Crippen LogP contribution in [0.25, 0.3) is 0 Å². The number of benzene rings is 1. The van der Waals surface area contributed by atoms with E-state index in [4.69, 9.17) is 10.5 Å². The lowest BCUT2D eigenvalue weighted by molar-refractivity contribution is 0.319. The molecule has 6 heteroatoms. The summed E-state index contributed by atoms with van der Waals surface area (Å²) in [6.07, 6.45) is 2.51. The summed E-state index contributed by atoms with van der Waals surface area (Å²) in [7, 11) is 1.89. The molecule has 0 saturated carbocycles. The summed E-state index contributed by atoms with van der Waals surface area (Å²) in [4.78, 5) is 4.14. The van der Waals surface area contributed by atoms with Gasteiger partial charge in [0.25, 0.3) is 0 Å². The van der Waals surface area contributed by atoms with Gasteiger partial charge in [-0.15, -0.1) is 0 Å². The van der Waals surface area contributed by atoms with Gasteiger partial charge in [0.2, 0.25) is 0 Å². The SMILES string of the molecule is Cn1ncnc1SCCCOc1cccc(N)c1. The molecule has 0 bridgehead atoms. The maximum Gasteiger partial charge on any atom is 0.185 e. The molecule has 2 aromatic rings. The Kier molecular flexibility index (Phi) is 4.46. The Balaban J connectivity index is 1.66. The summed E-state index contributed by atoms with van der Waals surface area (Å²) < 4.78 is 7.37. The summed E-state index contributed by atoms with van der Waals surface area (Å²) in [6, 6.07) is 7.47. The topological polar surface area (TPSA) is 66.0 Å². The van der Waals surface area contributed by atoms with Crippen LogP contribution in [0.1, 0.15) is 6.42 Å². The van der Waals surface area contributed by atoms with E-state index in [0.29, 0.717) is 6.61 Å². The van der Waals surface area contributed by atoms with E-state index < -0.39 is 0 Å². The molecule has 0 fully saturated rings. The number of aryl methyl sites for hydroxylation is 1. The van der Waals surface area contributed by atoms with Crippen molar-refractivity contribution in [3.05, 3.63) is 30.6 Å². The first-order chi connectivity index (χ1) is 8.75. The van der Waals surface area contributed by atoms with Gasteiger partial charge in [-0.3, -0.25) is 0 Å². The minimum atomic E-state index is 0.675. The zero-order valence-corrected chi connectivity index (χ0v) is 11.1. The van der Waals surface area contributed by atoms with Gasteiger partial charge in [0.15, 0.2) is 5.16 Å². The predicted molar refractivity (Wildman–Crippen MR) is 72.7 cm³/mol. The third kappa shape index (κ3) is 3.66. The number of nitrogens with two attached hydrogens (primary N) is 1. The summed E-state index contributed by atoms with van der Waals surface area (Å²) >= 11 is 1.68. The largest absolute Gasteiger partial charge is 0.493 e. The second kappa shape index (κ2) is 6.30. The Hall–Kier alpha value is -1.69. The van der Waals surface area contributed by atoms with E-state index in [9.17, 15) is 0 Å². The molecule has 0 aliphatic rings. The van der Waals surface area contributed by atoms with Gasteiger partial charge < -0.3 is 10.5 Å². The molecule has 1 heterocycles. The molecule has 1 aromatic heterocycles. The molecule has 0 saturated heterocycles. The normalized spacial score (nSPS) is 10.5. The first-order valence-corrected chi connectivity index (χ1v) is 6.69. The number of aromatic nitrogens is 3. The van der Waals surface area contributed by atoms with E-state index in [1.165, 1.54) is 0 Å². The molecule has 2 rings (SSSR count). The zero-order chi connectivity index (χ0) is 12.8. The molecular weight excluding hydrogens is 248 g/mol. The van der Waals surface area contributed by atoms with E-state index in [2.05, 4.69) is 10.1 Å². The first kappa shape index (κ1) is 12.8. The molecule has 0 atom stereocenters. The van der Waals surface area contributed by atoms with E-state index in [0.717, 1.165) is 28.8 Å². The van der Waals surface area contributed by atoms with Crippen LogP contribution in [0.4, 0.5) is 5.69 Å². The standard InChI is InChI=1S/C12H16N4OS/c1-16-12(14-9-15-16)18-7-3-6-17-11-5-2-4-10(13)8-11/h2,4-5,8-9H,3,6-7,13H2,1H3. The van der Waals surface area contributed by atoms with Gasteiger partial charge in [0, 0.05) is 24.6 Å². The molecule has 1 aromatic carbocycles. The van der Waals surface area contributed by atoms with Crippen molar-refractivity contribution in [1.82, 2.24) is 14.8 Å². The van der Waals surface area contributed by atoms with Crippen molar-refractivity contribution in [3.63, 3.8) is 0 Å². The average Bonchev–Trinajstić information content (AvgIpc) is 2.75. The van der Waals surface area contributed by atoms with Crippen LogP contribution < -0.4 is 10.5 Å². The van der Waals surface area contributed by atoms with Crippen LogP contribution >= 0.6 is 11.8 Å². The highest BCUT2D eigenvalue weighted by Gasteiger charge is 2.00. The minimum absolute atomic E-state index is 0.675.